The molecule has 0 saturated carbocycles. The lowest BCUT2D eigenvalue weighted by molar-refractivity contribution is -0.142. The van der Waals surface area contributed by atoms with E-state index in [4.69, 9.17) is 5.73 Å². The molecule has 4 nitrogen and oxygen atoms in total. The fraction of sp³-hybridized carbons (Fsp3) is 0.917. The number of piperidine rings is 1. The molecule has 20 heavy (non-hydrogen) atoms. The Labute approximate surface area is 135 Å². The lowest BCUT2D eigenvalue weighted by Crippen LogP contribution is -2.44. The number of halogens is 4. The first-order chi connectivity index (χ1) is 8.78. The summed E-state index contributed by atoms with van der Waals surface area (Å²) in [5.41, 5.74) is 5.86. The van der Waals surface area contributed by atoms with Crippen molar-refractivity contribution in [2.45, 2.75) is 25.9 Å². The molecule has 1 aliphatic rings. The lowest BCUT2D eigenvalue weighted by Gasteiger charge is -2.31. The molecular formula is C12H24F3IN4. The molecule has 0 radical (unpaired) electrons. The number of hydrogen-bond donors (Lipinski definition) is 1. The molecule has 1 aliphatic heterocycles. The number of aliphatic imine (C=N–C) groups is 1. The Bertz CT molecular complexity index is 310. The van der Waals surface area contributed by atoms with Crippen molar-refractivity contribution in [2.24, 2.45) is 16.6 Å². The van der Waals surface area contributed by atoms with Gasteiger partial charge in [0.1, 0.15) is 0 Å². The van der Waals surface area contributed by atoms with E-state index in [1.165, 1.54) is 18.4 Å². The maximum atomic E-state index is 12.1. The Morgan fingerprint density at radius 2 is 2.10 bits per heavy atom. The van der Waals surface area contributed by atoms with E-state index in [9.17, 15) is 13.2 Å². The molecule has 120 valence electrons. The molecule has 0 spiro atoms. The number of alkyl halides is 3. The topological polar surface area (TPSA) is 44.9 Å². The molecular weight excluding hydrogens is 384 g/mol. The molecule has 1 unspecified atom stereocenters. The van der Waals surface area contributed by atoms with Crippen molar-refractivity contribution in [3.05, 3.63) is 0 Å². The van der Waals surface area contributed by atoms with Gasteiger partial charge in [-0.25, -0.2) is 0 Å². The molecule has 0 aromatic heterocycles. The van der Waals surface area contributed by atoms with Crippen molar-refractivity contribution >= 4 is 29.9 Å². The lowest BCUT2D eigenvalue weighted by atomic mass is 10.0. The predicted octanol–water partition coefficient (Wildman–Crippen LogP) is 2.15. The third kappa shape index (κ3) is 8.13. The van der Waals surface area contributed by atoms with Gasteiger partial charge in [-0.1, -0.05) is 6.92 Å². The second-order valence-electron chi connectivity index (χ2n) is 5.29. The van der Waals surface area contributed by atoms with E-state index in [1.807, 2.05) is 4.90 Å². The Hall–Kier alpha value is -0.250. The summed E-state index contributed by atoms with van der Waals surface area (Å²) in [6.45, 7) is 3.57. The van der Waals surface area contributed by atoms with E-state index in [2.05, 4.69) is 11.9 Å². The molecule has 8 heteroatoms. The summed E-state index contributed by atoms with van der Waals surface area (Å²) < 4.78 is 36.3. The van der Waals surface area contributed by atoms with Gasteiger partial charge < -0.3 is 10.6 Å². The minimum atomic E-state index is -4.16. The van der Waals surface area contributed by atoms with E-state index < -0.39 is 12.7 Å². The van der Waals surface area contributed by atoms with Crippen LogP contribution in [0.25, 0.3) is 0 Å². The number of nitrogens with two attached hydrogens (primary N) is 1. The van der Waals surface area contributed by atoms with Gasteiger partial charge in [0, 0.05) is 19.6 Å². The van der Waals surface area contributed by atoms with Gasteiger partial charge in [0.15, 0.2) is 5.96 Å². The molecule has 1 saturated heterocycles. The highest BCUT2D eigenvalue weighted by molar-refractivity contribution is 14.0. The highest BCUT2D eigenvalue weighted by Crippen LogP contribution is 2.16. The van der Waals surface area contributed by atoms with Crippen molar-refractivity contribution in [2.75, 3.05) is 39.8 Å². The summed E-state index contributed by atoms with van der Waals surface area (Å²) in [5, 5.41) is 0. The highest BCUT2D eigenvalue weighted by Gasteiger charge is 2.28. The Kier molecular flexibility index (Phi) is 8.80. The minimum absolute atomic E-state index is 0. The van der Waals surface area contributed by atoms with E-state index >= 15 is 0 Å². The minimum Gasteiger partial charge on any atom is -0.370 e. The van der Waals surface area contributed by atoms with Crippen molar-refractivity contribution in [3.8, 4) is 0 Å². The van der Waals surface area contributed by atoms with Crippen molar-refractivity contribution < 1.29 is 13.2 Å². The molecule has 1 atom stereocenters. The van der Waals surface area contributed by atoms with Crippen LogP contribution in [0.5, 0.6) is 0 Å². The normalized spacial score (nSPS) is 21.0. The average molecular weight is 408 g/mol. The first-order valence-corrected chi connectivity index (χ1v) is 6.58. The van der Waals surface area contributed by atoms with Gasteiger partial charge in [-0.3, -0.25) is 9.89 Å². The Morgan fingerprint density at radius 3 is 2.65 bits per heavy atom. The zero-order chi connectivity index (χ0) is 14.5. The third-order valence-corrected chi connectivity index (χ3v) is 3.19. The SMILES string of the molecule is CC1CCCN(C(N)=NCCN(C)CC(F)(F)F)C1.I. The number of guanidine groups is 1. The van der Waals surface area contributed by atoms with Gasteiger partial charge in [0.2, 0.25) is 0 Å². The van der Waals surface area contributed by atoms with Crippen LogP contribution in [0.2, 0.25) is 0 Å². The smallest absolute Gasteiger partial charge is 0.370 e. The van der Waals surface area contributed by atoms with Crippen LogP contribution in [0.15, 0.2) is 4.99 Å². The molecule has 2 N–H and O–H groups in total. The molecule has 0 aliphatic carbocycles. The maximum Gasteiger partial charge on any atom is 0.401 e. The Morgan fingerprint density at radius 1 is 1.45 bits per heavy atom. The first-order valence-electron chi connectivity index (χ1n) is 6.58. The fourth-order valence-corrected chi connectivity index (χ4v) is 2.22. The molecule has 0 amide bonds. The second kappa shape index (κ2) is 8.91. The fourth-order valence-electron chi connectivity index (χ4n) is 2.22. The monoisotopic (exact) mass is 408 g/mol. The van der Waals surface area contributed by atoms with Gasteiger partial charge >= 0.3 is 6.18 Å². The van der Waals surface area contributed by atoms with Crippen LogP contribution in [0, 0.1) is 5.92 Å². The summed E-state index contributed by atoms with van der Waals surface area (Å²) in [4.78, 5) is 7.38. The van der Waals surface area contributed by atoms with Gasteiger partial charge in [0.05, 0.1) is 13.1 Å². The van der Waals surface area contributed by atoms with E-state index in [-0.39, 0.29) is 30.5 Å². The van der Waals surface area contributed by atoms with Gasteiger partial charge in [-0.15, -0.1) is 24.0 Å². The van der Waals surface area contributed by atoms with Crippen LogP contribution < -0.4 is 5.73 Å². The second-order valence-corrected chi connectivity index (χ2v) is 5.29. The largest absolute Gasteiger partial charge is 0.401 e. The third-order valence-electron chi connectivity index (χ3n) is 3.19. The first kappa shape index (κ1) is 19.8. The summed E-state index contributed by atoms with van der Waals surface area (Å²) in [6, 6.07) is 0. The standard InChI is InChI=1S/C12H23F3N4.HI/c1-10-4-3-6-19(8-10)11(16)17-5-7-18(2)9-12(13,14)15;/h10H,3-9H2,1-2H3,(H2,16,17);1H. The van der Waals surface area contributed by atoms with Crippen LogP contribution in [-0.4, -0.2) is 61.7 Å². The highest BCUT2D eigenvalue weighted by atomic mass is 127. The summed E-state index contributed by atoms with van der Waals surface area (Å²) in [6.07, 6.45) is -1.88. The predicted molar refractivity (Wildman–Crippen MR) is 85.4 cm³/mol. The average Bonchev–Trinajstić information content (AvgIpc) is 2.26. The van der Waals surface area contributed by atoms with Crippen LogP contribution >= 0.6 is 24.0 Å². The van der Waals surface area contributed by atoms with Crippen LogP contribution in [0.4, 0.5) is 13.2 Å². The maximum absolute atomic E-state index is 12.1. The van der Waals surface area contributed by atoms with Gasteiger partial charge in [-0.2, -0.15) is 13.2 Å². The summed E-state index contributed by atoms with van der Waals surface area (Å²) >= 11 is 0. The summed E-state index contributed by atoms with van der Waals surface area (Å²) in [5.74, 6) is 1.04. The zero-order valence-corrected chi connectivity index (χ0v) is 14.3. The van der Waals surface area contributed by atoms with Crippen LogP contribution in [0.3, 0.4) is 0 Å². The number of likely N-dealkylation sites (N-methyl/N-ethyl adjacent to an activating group) is 1. The molecule has 0 bridgehead atoms. The molecule has 0 aromatic carbocycles. The number of nitrogens with zero attached hydrogens (tertiary/aromatic N) is 3. The van der Waals surface area contributed by atoms with Crippen LogP contribution in [0.1, 0.15) is 19.8 Å². The quantitative estimate of drug-likeness (QED) is 0.441. The number of likely N-dealkylation sites (tertiary alicyclic amines) is 1. The Balaban J connectivity index is 0.00000361. The molecule has 0 aromatic rings. The summed E-state index contributed by atoms with van der Waals surface area (Å²) in [7, 11) is 1.43. The number of hydrogen-bond acceptors (Lipinski definition) is 2. The molecule has 1 rings (SSSR count). The van der Waals surface area contributed by atoms with E-state index in [0.29, 0.717) is 18.4 Å². The number of rotatable bonds is 4. The molecule has 1 fully saturated rings. The van der Waals surface area contributed by atoms with Crippen molar-refractivity contribution in [1.29, 1.82) is 0 Å². The van der Waals surface area contributed by atoms with Gasteiger partial charge in [-0.05, 0) is 25.8 Å². The van der Waals surface area contributed by atoms with Crippen molar-refractivity contribution in [3.63, 3.8) is 0 Å². The zero-order valence-electron chi connectivity index (χ0n) is 12.0. The van der Waals surface area contributed by atoms with E-state index in [0.717, 1.165) is 19.5 Å². The van der Waals surface area contributed by atoms with Crippen LogP contribution in [-0.2, 0) is 0 Å². The van der Waals surface area contributed by atoms with E-state index in [1.54, 1.807) is 0 Å². The molecule has 1 heterocycles. The van der Waals surface area contributed by atoms with Gasteiger partial charge in [0.25, 0.3) is 0 Å². The van der Waals surface area contributed by atoms with Crippen molar-refractivity contribution in [1.82, 2.24) is 9.80 Å².